The first-order chi connectivity index (χ1) is 17.5. The molecule has 0 fully saturated rings. The average molecular weight is 508 g/mol. The molecule has 3 aromatic rings. The molecular weight excluding hydrogens is 480 g/mol. The second-order valence-corrected chi connectivity index (χ2v) is 8.44. The number of nitrogens with two attached hydrogens (primary N) is 1. The van der Waals surface area contributed by atoms with E-state index in [0.717, 1.165) is 17.7 Å². The van der Waals surface area contributed by atoms with Crippen molar-refractivity contribution in [2.75, 3.05) is 12.4 Å². The minimum atomic E-state index is -1.61. The fourth-order valence-electron chi connectivity index (χ4n) is 4.09. The molecule has 9 heteroatoms. The third-order valence-electron chi connectivity index (χ3n) is 5.91. The molecule has 2 aromatic carbocycles. The summed E-state index contributed by atoms with van der Waals surface area (Å²) in [4.78, 5) is 24.9. The van der Waals surface area contributed by atoms with Gasteiger partial charge in [0.15, 0.2) is 17.1 Å². The summed E-state index contributed by atoms with van der Waals surface area (Å²) >= 11 is 0. The van der Waals surface area contributed by atoms with Gasteiger partial charge in [-0.15, -0.1) is 0 Å². The lowest BCUT2D eigenvalue weighted by Gasteiger charge is -2.20. The van der Waals surface area contributed by atoms with Crippen LogP contribution in [0.3, 0.4) is 0 Å². The third kappa shape index (κ3) is 5.12. The normalized spacial score (nSPS) is 13.6. The Bertz CT molecular complexity index is 1570. The summed E-state index contributed by atoms with van der Waals surface area (Å²) in [6, 6.07) is 4.84. The van der Waals surface area contributed by atoms with Gasteiger partial charge in [0.1, 0.15) is 16.9 Å². The summed E-state index contributed by atoms with van der Waals surface area (Å²) in [5.41, 5.74) is 6.62. The predicted molar refractivity (Wildman–Crippen MR) is 141 cm³/mol. The highest BCUT2D eigenvalue weighted by molar-refractivity contribution is 6.12. The van der Waals surface area contributed by atoms with E-state index in [1.54, 1.807) is 51.1 Å². The number of aromatic carboxylic acids is 1. The summed E-state index contributed by atoms with van der Waals surface area (Å²) in [5.74, 6) is -4.02. The molecule has 5 N–H and O–H groups in total. The third-order valence-corrected chi connectivity index (χ3v) is 5.91. The minimum absolute atomic E-state index is 0.110. The average Bonchev–Trinajstić information content (AvgIpc) is 2.86. The number of halogens is 2. The largest absolute Gasteiger partial charge is 0.478 e. The van der Waals surface area contributed by atoms with E-state index in [-0.39, 0.29) is 22.4 Å². The molecule has 37 heavy (non-hydrogen) atoms. The van der Waals surface area contributed by atoms with Crippen LogP contribution in [0.15, 0.2) is 63.9 Å². The number of allylic oxidation sites excluding steroid dienone is 5. The molecule has 1 unspecified atom stereocenters. The van der Waals surface area contributed by atoms with Crippen molar-refractivity contribution in [3.05, 3.63) is 105 Å². The molecule has 192 valence electrons. The number of aryl methyl sites for hydroxylation is 1. The van der Waals surface area contributed by atoms with Crippen molar-refractivity contribution >= 4 is 33.9 Å². The van der Waals surface area contributed by atoms with Crippen LogP contribution < -0.4 is 16.5 Å². The van der Waals surface area contributed by atoms with Crippen LogP contribution in [0.5, 0.6) is 0 Å². The first-order valence-corrected chi connectivity index (χ1v) is 11.3. The first kappa shape index (κ1) is 27.2. The van der Waals surface area contributed by atoms with Gasteiger partial charge in [0.2, 0.25) is 0 Å². The number of benzene rings is 2. The van der Waals surface area contributed by atoms with Crippen LogP contribution >= 0.6 is 0 Å². The van der Waals surface area contributed by atoms with Crippen LogP contribution in [0.1, 0.15) is 45.8 Å². The van der Waals surface area contributed by atoms with Crippen molar-refractivity contribution in [3.63, 3.8) is 0 Å². The molecule has 0 saturated carbocycles. The monoisotopic (exact) mass is 507 g/mol. The highest BCUT2D eigenvalue weighted by atomic mass is 19.2. The van der Waals surface area contributed by atoms with E-state index in [1.165, 1.54) is 7.05 Å². The van der Waals surface area contributed by atoms with Gasteiger partial charge in [-0.3, -0.25) is 4.79 Å². The highest BCUT2D eigenvalue weighted by Crippen LogP contribution is 2.33. The number of hydrogen-bond donors (Lipinski definition) is 4. The Morgan fingerprint density at radius 1 is 1.19 bits per heavy atom. The number of carboxylic acids is 1. The van der Waals surface area contributed by atoms with Crippen molar-refractivity contribution < 1.29 is 23.1 Å². The maximum Gasteiger partial charge on any atom is 0.340 e. The smallest absolute Gasteiger partial charge is 0.340 e. The van der Waals surface area contributed by atoms with E-state index in [2.05, 4.69) is 17.6 Å². The second kappa shape index (κ2) is 10.7. The van der Waals surface area contributed by atoms with Gasteiger partial charge in [-0.05, 0) is 75.4 Å². The lowest BCUT2D eigenvalue weighted by Crippen LogP contribution is -2.15. The minimum Gasteiger partial charge on any atom is -0.478 e. The molecule has 1 heterocycles. The Morgan fingerprint density at radius 2 is 1.86 bits per heavy atom. The Balaban J connectivity index is 0.00000186. The molecule has 0 saturated heterocycles. The number of hydrogen-bond acceptors (Lipinski definition) is 6. The van der Waals surface area contributed by atoms with E-state index in [1.807, 2.05) is 0 Å². The molecule has 1 atom stereocenters. The fraction of sp³-hybridized carbons (Fsp3) is 0.179. The topological polar surface area (TPSA) is 129 Å². The summed E-state index contributed by atoms with van der Waals surface area (Å²) in [7, 11) is 1.50. The highest BCUT2D eigenvalue weighted by Gasteiger charge is 2.24. The molecule has 0 radical (unpaired) electrons. The van der Waals surface area contributed by atoms with Crippen LogP contribution in [-0.2, 0) is 0 Å². The second-order valence-electron chi connectivity index (χ2n) is 8.44. The van der Waals surface area contributed by atoms with Crippen LogP contribution in [0.2, 0.25) is 0 Å². The molecule has 1 aliphatic rings. The van der Waals surface area contributed by atoms with Gasteiger partial charge in [0, 0.05) is 16.7 Å². The Hall–Kier alpha value is -4.37. The molecule has 1 aliphatic carbocycles. The Morgan fingerprint density at radius 3 is 2.49 bits per heavy atom. The SMILES string of the molecule is C=C1C=C(c2oc3c(C(C)Nc4ccc(F)c(F)c4C(=O)O)cc(C)cc3c(=O)c2C)C=CC1=N.CN. The number of anilines is 1. The van der Waals surface area contributed by atoms with Crippen molar-refractivity contribution in [2.45, 2.75) is 26.8 Å². The van der Waals surface area contributed by atoms with E-state index < -0.39 is 29.2 Å². The summed E-state index contributed by atoms with van der Waals surface area (Å²) in [6.45, 7) is 9.00. The van der Waals surface area contributed by atoms with Crippen molar-refractivity contribution in [1.29, 1.82) is 5.41 Å². The molecule has 0 aliphatic heterocycles. The van der Waals surface area contributed by atoms with Crippen LogP contribution in [0.4, 0.5) is 14.5 Å². The molecule has 4 rings (SSSR count). The molecule has 0 spiro atoms. The molecule has 1 aromatic heterocycles. The first-order valence-electron chi connectivity index (χ1n) is 11.3. The zero-order valence-corrected chi connectivity index (χ0v) is 20.8. The lowest BCUT2D eigenvalue weighted by atomic mass is 9.95. The van der Waals surface area contributed by atoms with E-state index in [9.17, 15) is 23.5 Å². The number of carbonyl (C=O) groups is 1. The van der Waals surface area contributed by atoms with Gasteiger partial charge in [0.25, 0.3) is 0 Å². The number of rotatable bonds is 5. The Kier molecular flexibility index (Phi) is 7.88. The zero-order chi connectivity index (χ0) is 27.6. The summed E-state index contributed by atoms with van der Waals surface area (Å²) < 4.78 is 34.1. The summed E-state index contributed by atoms with van der Waals surface area (Å²) in [6.07, 6.45) is 4.90. The summed E-state index contributed by atoms with van der Waals surface area (Å²) in [5, 5.41) is 20.5. The Labute approximate surface area is 212 Å². The van der Waals surface area contributed by atoms with Crippen molar-refractivity contribution in [1.82, 2.24) is 0 Å². The van der Waals surface area contributed by atoms with Crippen LogP contribution in [0.25, 0.3) is 16.5 Å². The van der Waals surface area contributed by atoms with Crippen LogP contribution in [0, 0.1) is 30.9 Å². The molecule has 7 nitrogen and oxygen atoms in total. The van der Waals surface area contributed by atoms with E-state index in [4.69, 9.17) is 9.83 Å². The van der Waals surface area contributed by atoms with Gasteiger partial charge < -0.3 is 26.0 Å². The number of carboxylic acid groups (broad SMARTS) is 1. The van der Waals surface area contributed by atoms with E-state index in [0.29, 0.717) is 33.4 Å². The lowest BCUT2D eigenvalue weighted by molar-refractivity contribution is 0.0691. The molecule has 0 amide bonds. The standard InChI is InChI=1S/C27H22F2N2O4.CH5N/c1-12-9-17(15(4)31-21-8-6-19(28)23(29)22(21)27(33)34)26-18(10-12)24(32)14(3)25(35-26)16-5-7-20(30)13(2)11-16;1-2/h5-11,15,30-31H,2H2,1,3-4H3,(H,33,34);2H2,1H3. The van der Waals surface area contributed by atoms with Crippen molar-refractivity contribution in [3.8, 4) is 0 Å². The maximum atomic E-state index is 14.2. The molecular formula is C28H27F2N3O4. The van der Waals surface area contributed by atoms with Gasteiger partial charge in [-0.2, -0.15) is 0 Å². The van der Waals surface area contributed by atoms with E-state index >= 15 is 0 Å². The zero-order valence-electron chi connectivity index (χ0n) is 20.8. The van der Waals surface area contributed by atoms with Gasteiger partial charge in [-0.1, -0.05) is 12.6 Å². The van der Waals surface area contributed by atoms with Crippen LogP contribution in [-0.4, -0.2) is 23.8 Å². The van der Waals surface area contributed by atoms with Gasteiger partial charge >= 0.3 is 5.97 Å². The molecule has 0 bridgehead atoms. The number of nitrogens with one attached hydrogen (secondary N) is 2. The van der Waals surface area contributed by atoms with Crippen molar-refractivity contribution in [2.24, 2.45) is 5.73 Å². The fourth-order valence-corrected chi connectivity index (χ4v) is 4.09. The predicted octanol–water partition coefficient (Wildman–Crippen LogP) is 5.66. The number of fused-ring (bicyclic) bond motifs is 1. The quantitative estimate of drug-likeness (QED) is 0.352. The van der Waals surface area contributed by atoms with Gasteiger partial charge in [0.05, 0.1) is 22.8 Å². The maximum absolute atomic E-state index is 14.2. The van der Waals surface area contributed by atoms with Gasteiger partial charge in [-0.25, -0.2) is 13.6 Å².